The fourth-order valence-corrected chi connectivity index (χ4v) is 4.92. The van der Waals surface area contributed by atoms with E-state index < -0.39 is 0 Å². The molecule has 1 N–H and O–H groups in total. The van der Waals surface area contributed by atoms with Crippen LogP contribution in [0.4, 0.5) is 0 Å². The molecule has 5 rings (SSSR count). The van der Waals surface area contributed by atoms with Crippen LogP contribution in [-0.2, 0) is 12.3 Å². The molecule has 7 nitrogen and oxygen atoms in total. The van der Waals surface area contributed by atoms with E-state index in [1.807, 2.05) is 79.1 Å². The van der Waals surface area contributed by atoms with Crippen LogP contribution in [-0.4, -0.2) is 25.6 Å². The van der Waals surface area contributed by atoms with E-state index in [1.54, 1.807) is 24.3 Å². The monoisotopic (exact) mass is 469 g/mol. The zero-order chi connectivity index (χ0) is 23.5. The third-order valence-electron chi connectivity index (χ3n) is 5.65. The Balaban J connectivity index is 1.25. The molecular weight excluding hydrogens is 446 g/mol. The molecule has 3 heterocycles. The molecule has 1 amide bonds. The van der Waals surface area contributed by atoms with Crippen molar-refractivity contribution < 1.29 is 9.32 Å². The SMILES string of the molecule is Cc1noc(C)c1CSc1ccccc1C(=O)NCc1ccc(-n2cnc3ccccc32)nc1. The van der Waals surface area contributed by atoms with Gasteiger partial charge in [0.25, 0.3) is 5.91 Å². The van der Waals surface area contributed by atoms with Gasteiger partial charge in [-0.25, -0.2) is 9.97 Å². The molecule has 3 aromatic heterocycles. The van der Waals surface area contributed by atoms with Gasteiger partial charge in [0.15, 0.2) is 0 Å². The van der Waals surface area contributed by atoms with Crippen molar-refractivity contribution in [1.29, 1.82) is 0 Å². The Hall–Kier alpha value is -3.91. The Labute approximate surface area is 201 Å². The van der Waals surface area contributed by atoms with Crippen molar-refractivity contribution in [3.8, 4) is 5.82 Å². The minimum Gasteiger partial charge on any atom is -0.361 e. The Kier molecular flexibility index (Phi) is 6.14. The first-order chi connectivity index (χ1) is 16.6. The molecule has 5 aromatic rings. The highest BCUT2D eigenvalue weighted by molar-refractivity contribution is 7.98. The minimum atomic E-state index is -0.119. The highest BCUT2D eigenvalue weighted by Gasteiger charge is 2.14. The third kappa shape index (κ3) is 4.45. The largest absolute Gasteiger partial charge is 0.361 e. The smallest absolute Gasteiger partial charge is 0.252 e. The van der Waals surface area contributed by atoms with E-state index in [1.165, 1.54) is 0 Å². The molecular formula is C26H23N5O2S. The Bertz CT molecular complexity index is 1440. The van der Waals surface area contributed by atoms with Gasteiger partial charge in [0.05, 0.1) is 22.3 Å². The topological polar surface area (TPSA) is 85.8 Å². The predicted molar refractivity (Wildman–Crippen MR) is 132 cm³/mol. The number of thioether (sulfide) groups is 1. The second-order valence-corrected chi connectivity index (χ2v) is 8.92. The number of carbonyl (C=O) groups excluding carboxylic acids is 1. The number of amides is 1. The van der Waals surface area contributed by atoms with Crippen LogP contribution in [0.1, 0.15) is 32.9 Å². The van der Waals surface area contributed by atoms with E-state index in [0.717, 1.165) is 44.3 Å². The van der Waals surface area contributed by atoms with Crippen molar-refractivity contribution in [2.75, 3.05) is 0 Å². The molecule has 0 aliphatic rings. The quantitative estimate of drug-likeness (QED) is 0.328. The van der Waals surface area contributed by atoms with Crippen molar-refractivity contribution in [3.63, 3.8) is 0 Å². The fourth-order valence-electron chi connectivity index (χ4n) is 3.72. The third-order valence-corrected chi connectivity index (χ3v) is 6.75. The molecule has 34 heavy (non-hydrogen) atoms. The van der Waals surface area contributed by atoms with Gasteiger partial charge in [0.2, 0.25) is 0 Å². The van der Waals surface area contributed by atoms with E-state index in [2.05, 4.69) is 20.4 Å². The number of imidazole rings is 1. The molecule has 2 aromatic carbocycles. The van der Waals surface area contributed by atoms with Gasteiger partial charge in [-0.1, -0.05) is 35.5 Å². The average molecular weight is 470 g/mol. The van der Waals surface area contributed by atoms with Gasteiger partial charge in [-0.15, -0.1) is 11.8 Å². The molecule has 0 aliphatic carbocycles. The number of para-hydroxylation sites is 2. The first-order valence-electron chi connectivity index (χ1n) is 10.9. The van der Waals surface area contributed by atoms with Crippen molar-refractivity contribution in [2.24, 2.45) is 0 Å². The van der Waals surface area contributed by atoms with Crippen LogP contribution >= 0.6 is 11.8 Å². The maximum Gasteiger partial charge on any atom is 0.252 e. The number of pyridine rings is 1. The highest BCUT2D eigenvalue weighted by Crippen LogP contribution is 2.29. The van der Waals surface area contributed by atoms with Crippen molar-refractivity contribution in [3.05, 3.63) is 101 Å². The molecule has 0 aliphatic heterocycles. The lowest BCUT2D eigenvalue weighted by Gasteiger charge is -2.10. The summed E-state index contributed by atoms with van der Waals surface area (Å²) in [5.41, 5.74) is 5.44. The van der Waals surface area contributed by atoms with E-state index >= 15 is 0 Å². The number of nitrogens with zero attached hydrogens (tertiary/aromatic N) is 4. The summed E-state index contributed by atoms with van der Waals surface area (Å²) >= 11 is 1.60. The summed E-state index contributed by atoms with van der Waals surface area (Å²) in [5.74, 6) is 2.17. The fraction of sp³-hybridized carbons (Fsp3) is 0.154. The van der Waals surface area contributed by atoms with Crippen LogP contribution in [0, 0.1) is 13.8 Å². The van der Waals surface area contributed by atoms with E-state index in [9.17, 15) is 4.79 Å². The second-order valence-electron chi connectivity index (χ2n) is 7.90. The van der Waals surface area contributed by atoms with Crippen molar-refractivity contribution in [2.45, 2.75) is 31.0 Å². The first kappa shape index (κ1) is 21.9. The van der Waals surface area contributed by atoms with Gasteiger partial charge in [0.1, 0.15) is 17.9 Å². The van der Waals surface area contributed by atoms with Crippen molar-refractivity contribution >= 4 is 28.7 Å². The number of benzene rings is 2. The molecule has 0 fully saturated rings. The number of aryl methyl sites for hydroxylation is 2. The summed E-state index contributed by atoms with van der Waals surface area (Å²) in [7, 11) is 0. The molecule has 0 bridgehead atoms. The Morgan fingerprint density at radius 1 is 1.03 bits per heavy atom. The number of aromatic nitrogens is 4. The normalized spacial score (nSPS) is 11.1. The maximum absolute atomic E-state index is 12.9. The number of nitrogens with one attached hydrogen (secondary N) is 1. The van der Waals surface area contributed by atoms with Crippen LogP contribution in [0.15, 0.2) is 82.6 Å². The number of rotatable bonds is 7. The van der Waals surface area contributed by atoms with Gasteiger partial charge in [-0.2, -0.15) is 0 Å². The number of fused-ring (bicyclic) bond motifs is 1. The molecule has 8 heteroatoms. The predicted octanol–water partition coefficient (Wildman–Crippen LogP) is 5.25. The summed E-state index contributed by atoms with van der Waals surface area (Å²) in [6.45, 7) is 4.22. The zero-order valence-corrected chi connectivity index (χ0v) is 19.7. The number of carbonyl (C=O) groups is 1. The van der Waals surface area contributed by atoms with Crippen LogP contribution < -0.4 is 5.32 Å². The highest BCUT2D eigenvalue weighted by atomic mass is 32.2. The number of hydrogen-bond acceptors (Lipinski definition) is 6. The summed E-state index contributed by atoms with van der Waals surface area (Å²) in [6.07, 6.45) is 3.55. The summed E-state index contributed by atoms with van der Waals surface area (Å²) in [5, 5.41) is 7.02. The molecule has 0 spiro atoms. The van der Waals surface area contributed by atoms with Gasteiger partial charge >= 0.3 is 0 Å². The lowest BCUT2D eigenvalue weighted by Crippen LogP contribution is -2.23. The summed E-state index contributed by atoms with van der Waals surface area (Å²) < 4.78 is 7.20. The standard InChI is InChI=1S/C26H23N5O2S/c1-17-21(18(2)33-30-17)15-34-24-10-6-3-7-20(24)26(32)28-14-19-11-12-25(27-13-19)31-16-29-22-8-4-5-9-23(22)31/h3-13,16H,14-15H2,1-2H3,(H,28,32). The Morgan fingerprint density at radius 3 is 2.65 bits per heavy atom. The van der Waals surface area contributed by atoms with E-state index in [4.69, 9.17) is 4.52 Å². The number of hydrogen-bond donors (Lipinski definition) is 1. The van der Waals surface area contributed by atoms with Gasteiger partial charge in [0, 0.05) is 29.0 Å². The lowest BCUT2D eigenvalue weighted by molar-refractivity contribution is 0.0948. The molecule has 0 atom stereocenters. The zero-order valence-electron chi connectivity index (χ0n) is 18.9. The summed E-state index contributed by atoms with van der Waals surface area (Å²) in [4.78, 5) is 22.8. The molecule has 0 unspecified atom stereocenters. The van der Waals surface area contributed by atoms with Gasteiger partial charge in [-0.05, 0) is 49.7 Å². The lowest BCUT2D eigenvalue weighted by atomic mass is 10.2. The second kappa shape index (κ2) is 9.52. The van der Waals surface area contributed by atoms with Gasteiger partial charge < -0.3 is 9.84 Å². The summed E-state index contributed by atoms with van der Waals surface area (Å²) in [6, 6.07) is 19.5. The maximum atomic E-state index is 12.9. The first-order valence-corrected chi connectivity index (χ1v) is 11.9. The van der Waals surface area contributed by atoms with Gasteiger partial charge in [-0.3, -0.25) is 9.36 Å². The van der Waals surface area contributed by atoms with E-state index in [0.29, 0.717) is 17.9 Å². The molecule has 0 saturated heterocycles. The van der Waals surface area contributed by atoms with Crippen LogP contribution in [0.2, 0.25) is 0 Å². The molecule has 0 saturated carbocycles. The Morgan fingerprint density at radius 2 is 1.85 bits per heavy atom. The minimum absolute atomic E-state index is 0.119. The van der Waals surface area contributed by atoms with Crippen LogP contribution in [0.3, 0.4) is 0 Å². The van der Waals surface area contributed by atoms with Crippen LogP contribution in [0.5, 0.6) is 0 Å². The average Bonchev–Trinajstić information content (AvgIpc) is 3.44. The molecule has 170 valence electrons. The van der Waals surface area contributed by atoms with E-state index in [-0.39, 0.29) is 5.91 Å². The van der Waals surface area contributed by atoms with Crippen LogP contribution in [0.25, 0.3) is 16.9 Å². The van der Waals surface area contributed by atoms with Crippen molar-refractivity contribution in [1.82, 2.24) is 25.0 Å². The molecule has 0 radical (unpaired) electrons.